The van der Waals surface area contributed by atoms with Gasteiger partial charge >= 0.3 is 0 Å². The van der Waals surface area contributed by atoms with E-state index in [9.17, 15) is 15.0 Å². The molecule has 0 aromatic rings. The molecule has 3 fully saturated rings. The summed E-state index contributed by atoms with van der Waals surface area (Å²) in [6.07, 6.45) is 5.59. The van der Waals surface area contributed by atoms with Crippen LogP contribution in [0, 0.1) is 40.9 Å². The van der Waals surface area contributed by atoms with Gasteiger partial charge in [-0.25, -0.2) is 0 Å². The molecule has 4 aliphatic carbocycles. The van der Waals surface area contributed by atoms with E-state index in [0.29, 0.717) is 36.0 Å². The van der Waals surface area contributed by atoms with E-state index < -0.39 is 0 Å². The lowest BCUT2D eigenvalue weighted by Gasteiger charge is -2.58. The van der Waals surface area contributed by atoms with Crippen LogP contribution in [0.3, 0.4) is 0 Å². The van der Waals surface area contributed by atoms with Crippen molar-refractivity contribution in [2.75, 3.05) is 0 Å². The average molecular weight is 318 g/mol. The molecule has 0 bridgehead atoms. The molecule has 9 atom stereocenters. The summed E-state index contributed by atoms with van der Waals surface area (Å²) in [5, 5.41) is 21.6. The molecule has 2 unspecified atom stereocenters. The Morgan fingerprint density at radius 1 is 1.09 bits per heavy atom. The monoisotopic (exact) mass is 318 g/mol. The maximum Gasteiger partial charge on any atom is 0.155 e. The standard InChI is InChI=1S/C20H30O3/c1-10-6-12-8-13(21)7-11(2)17(12)19-15(22)9-20(3)14(18(10)19)4-5-16(20)23/h8,10-11,14-19,22-23H,4-7,9H2,1-3H3/t10?,11?,14-,15-,16-,17-,18-,19+,20-/m0/s1. The molecule has 0 aromatic heterocycles. The fraction of sp³-hybridized carbons (Fsp3) is 0.850. The minimum absolute atomic E-state index is 0.121. The minimum atomic E-state index is -0.346. The number of carbonyl (C=O) groups excluding carboxylic acids is 1. The molecule has 2 N–H and O–H groups in total. The highest BCUT2D eigenvalue weighted by molar-refractivity contribution is 5.91. The predicted octanol–water partition coefficient (Wildman–Crippen LogP) is 2.95. The first-order valence-corrected chi connectivity index (χ1v) is 9.42. The minimum Gasteiger partial charge on any atom is -0.393 e. The number of hydrogen-bond acceptors (Lipinski definition) is 3. The fourth-order valence-corrected chi connectivity index (χ4v) is 7.03. The Bertz CT molecular complexity index is 553. The summed E-state index contributed by atoms with van der Waals surface area (Å²) in [6, 6.07) is 0. The number of carbonyl (C=O) groups is 1. The van der Waals surface area contributed by atoms with Crippen LogP contribution in [0.1, 0.15) is 52.9 Å². The lowest BCUT2D eigenvalue weighted by molar-refractivity contribution is -0.141. The lowest BCUT2D eigenvalue weighted by Crippen LogP contribution is -2.57. The Labute approximate surface area is 139 Å². The van der Waals surface area contributed by atoms with Crippen LogP contribution in [0.25, 0.3) is 0 Å². The highest BCUT2D eigenvalue weighted by Gasteiger charge is 2.61. The van der Waals surface area contributed by atoms with Gasteiger partial charge in [0.25, 0.3) is 0 Å². The summed E-state index contributed by atoms with van der Waals surface area (Å²) in [4.78, 5) is 12.0. The van der Waals surface area contributed by atoms with Crippen molar-refractivity contribution in [3.05, 3.63) is 11.6 Å². The molecule has 128 valence electrons. The fourth-order valence-electron chi connectivity index (χ4n) is 7.03. The predicted molar refractivity (Wildman–Crippen MR) is 88.6 cm³/mol. The SMILES string of the molecule is CC1CC2=CC(=O)CC(C)[C@@H]2[C@@H]2[C@@H]1[C@@H]1CC[C@H](O)[C@@]1(C)C[C@@H]2O. The van der Waals surface area contributed by atoms with Crippen LogP contribution in [-0.2, 0) is 4.79 Å². The van der Waals surface area contributed by atoms with Crippen molar-refractivity contribution in [1.29, 1.82) is 0 Å². The molecule has 0 heterocycles. The van der Waals surface area contributed by atoms with Gasteiger partial charge < -0.3 is 10.2 Å². The number of hydrogen-bond donors (Lipinski definition) is 2. The Morgan fingerprint density at radius 3 is 2.57 bits per heavy atom. The van der Waals surface area contributed by atoms with Crippen molar-refractivity contribution in [2.24, 2.45) is 40.9 Å². The third kappa shape index (κ3) is 2.12. The van der Waals surface area contributed by atoms with Gasteiger partial charge in [-0.1, -0.05) is 26.3 Å². The lowest BCUT2D eigenvalue weighted by atomic mass is 9.47. The van der Waals surface area contributed by atoms with Crippen molar-refractivity contribution >= 4 is 5.78 Å². The van der Waals surface area contributed by atoms with Gasteiger partial charge in [0, 0.05) is 6.42 Å². The van der Waals surface area contributed by atoms with Gasteiger partial charge in [0.2, 0.25) is 0 Å². The largest absolute Gasteiger partial charge is 0.393 e. The van der Waals surface area contributed by atoms with Gasteiger partial charge in [-0.3, -0.25) is 4.79 Å². The normalized spacial score (nSPS) is 55.7. The van der Waals surface area contributed by atoms with E-state index in [1.165, 1.54) is 5.57 Å². The van der Waals surface area contributed by atoms with Crippen LogP contribution in [0.4, 0.5) is 0 Å². The number of ketones is 1. The zero-order chi connectivity index (χ0) is 16.5. The molecule has 0 spiro atoms. The van der Waals surface area contributed by atoms with Crippen molar-refractivity contribution in [3.63, 3.8) is 0 Å². The molecule has 0 radical (unpaired) electrons. The summed E-state index contributed by atoms with van der Waals surface area (Å²) in [5.74, 6) is 2.74. The summed E-state index contributed by atoms with van der Waals surface area (Å²) in [6.45, 7) is 6.68. The third-order valence-corrected chi connectivity index (χ3v) is 7.90. The van der Waals surface area contributed by atoms with E-state index in [1.54, 1.807) is 0 Å². The number of rotatable bonds is 0. The maximum atomic E-state index is 12.0. The first-order chi connectivity index (χ1) is 10.8. The Morgan fingerprint density at radius 2 is 1.83 bits per heavy atom. The molecule has 4 aliphatic rings. The van der Waals surface area contributed by atoms with Crippen LogP contribution in [-0.4, -0.2) is 28.2 Å². The van der Waals surface area contributed by atoms with Gasteiger partial charge in [-0.05, 0) is 72.7 Å². The number of aliphatic hydroxyl groups excluding tert-OH is 2. The second-order valence-corrected chi connectivity index (χ2v) is 9.21. The summed E-state index contributed by atoms with van der Waals surface area (Å²) in [7, 11) is 0. The van der Waals surface area contributed by atoms with Gasteiger partial charge in [-0.2, -0.15) is 0 Å². The first-order valence-electron chi connectivity index (χ1n) is 9.42. The van der Waals surface area contributed by atoms with Crippen LogP contribution in [0.2, 0.25) is 0 Å². The van der Waals surface area contributed by atoms with Crippen LogP contribution >= 0.6 is 0 Å². The summed E-state index contributed by atoms with van der Waals surface area (Å²) >= 11 is 0. The second-order valence-electron chi connectivity index (χ2n) is 9.21. The van der Waals surface area contributed by atoms with E-state index >= 15 is 0 Å². The van der Waals surface area contributed by atoms with Crippen molar-refractivity contribution in [2.45, 2.75) is 65.1 Å². The number of allylic oxidation sites excluding steroid dienone is 1. The molecule has 3 saturated carbocycles. The van der Waals surface area contributed by atoms with Crippen LogP contribution in [0.15, 0.2) is 11.6 Å². The molecule has 23 heavy (non-hydrogen) atoms. The molecule has 0 aromatic carbocycles. The average Bonchev–Trinajstić information content (AvgIpc) is 2.73. The molecule has 0 saturated heterocycles. The highest BCUT2D eigenvalue weighted by Crippen LogP contribution is 2.63. The van der Waals surface area contributed by atoms with Gasteiger partial charge in [0.05, 0.1) is 12.2 Å². The van der Waals surface area contributed by atoms with E-state index in [0.717, 1.165) is 25.7 Å². The molecular formula is C20H30O3. The maximum absolute atomic E-state index is 12.0. The van der Waals surface area contributed by atoms with Crippen molar-refractivity contribution in [3.8, 4) is 0 Å². The first kappa shape index (κ1) is 15.8. The smallest absolute Gasteiger partial charge is 0.155 e. The Hall–Kier alpha value is -0.670. The number of fused-ring (bicyclic) bond motifs is 5. The quantitative estimate of drug-likeness (QED) is 0.722. The second kappa shape index (κ2) is 5.16. The molecule has 4 rings (SSSR count). The summed E-state index contributed by atoms with van der Waals surface area (Å²) in [5.41, 5.74) is 1.17. The van der Waals surface area contributed by atoms with E-state index in [1.807, 2.05) is 6.08 Å². The van der Waals surface area contributed by atoms with E-state index in [4.69, 9.17) is 0 Å². The Kier molecular flexibility index (Phi) is 3.55. The van der Waals surface area contributed by atoms with E-state index in [2.05, 4.69) is 20.8 Å². The molecule has 0 amide bonds. The molecule has 3 nitrogen and oxygen atoms in total. The summed E-state index contributed by atoms with van der Waals surface area (Å²) < 4.78 is 0. The Balaban J connectivity index is 1.76. The topological polar surface area (TPSA) is 57.5 Å². The molecule has 0 aliphatic heterocycles. The molecule has 3 heteroatoms. The zero-order valence-corrected chi connectivity index (χ0v) is 14.5. The van der Waals surface area contributed by atoms with Crippen LogP contribution < -0.4 is 0 Å². The van der Waals surface area contributed by atoms with E-state index in [-0.39, 0.29) is 29.3 Å². The third-order valence-electron chi connectivity index (χ3n) is 7.90. The molecular weight excluding hydrogens is 288 g/mol. The van der Waals surface area contributed by atoms with Crippen molar-refractivity contribution < 1.29 is 15.0 Å². The van der Waals surface area contributed by atoms with Gasteiger partial charge in [-0.15, -0.1) is 0 Å². The number of aliphatic hydroxyl groups is 2. The highest BCUT2D eigenvalue weighted by atomic mass is 16.3. The van der Waals surface area contributed by atoms with Gasteiger partial charge in [0.15, 0.2) is 5.78 Å². The van der Waals surface area contributed by atoms with Crippen LogP contribution in [0.5, 0.6) is 0 Å². The van der Waals surface area contributed by atoms with Gasteiger partial charge in [0.1, 0.15) is 0 Å². The van der Waals surface area contributed by atoms with Crippen molar-refractivity contribution in [1.82, 2.24) is 0 Å². The zero-order valence-electron chi connectivity index (χ0n) is 14.5.